The molecule has 3 nitrogen and oxygen atoms in total. The molecule has 1 heterocycles. The SMILES string of the molecule is CCC(CCCl)CNc1cc(C)nc(C(C)C)n1. The third-order valence-corrected chi connectivity index (χ3v) is 3.27. The van der Waals surface area contributed by atoms with Crippen molar-refractivity contribution in [3.8, 4) is 0 Å². The number of hydrogen-bond acceptors (Lipinski definition) is 3. The van der Waals surface area contributed by atoms with Gasteiger partial charge in [0.2, 0.25) is 0 Å². The molecule has 0 spiro atoms. The van der Waals surface area contributed by atoms with E-state index in [1.54, 1.807) is 0 Å². The maximum Gasteiger partial charge on any atom is 0.133 e. The molecule has 0 aliphatic heterocycles. The Hall–Kier alpha value is -0.830. The van der Waals surface area contributed by atoms with Crippen LogP contribution in [0, 0.1) is 12.8 Å². The van der Waals surface area contributed by atoms with Gasteiger partial charge in [0.1, 0.15) is 11.6 Å². The normalized spacial score (nSPS) is 12.8. The monoisotopic (exact) mass is 269 g/mol. The van der Waals surface area contributed by atoms with Gasteiger partial charge < -0.3 is 5.32 Å². The molecule has 0 aliphatic rings. The molecule has 0 aliphatic carbocycles. The number of nitrogens with zero attached hydrogens (tertiary/aromatic N) is 2. The summed E-state index contributed by atoms with van der Waals surface area (Å²) in [4.78, 5) is 8.99. The predicted molar refractivity (Wildman–Crippen MR) is 78.5 cm³/mol. The van der Waals surface area contributed by atoms with E-state index in [1.165, 1.54) is 0 Å². The highest BCUT2D eigenvalue weighted by molar-refractivity contribution is 6.17. The lowest BCUT2D eigenvalue weighted by atomic mass is 10.0. The van der Waals surface area contributed by atoms with Gasteiger partial charge in [-0.1, -0.05) is 27.2 Å². The van der Waals surface area contributed by atoms with Crippen LogP contribution < -0.4 is 5.32 Å². The third-order valence-electron chi connectivity index (χ3n) is 3.05. The van der Waals surface area contributed by atoms with Gasteiger partial charge in [0.05, 0.1) is 0 Å². The highest BCUT2D eigenvalue weighted by Gasteiger charge is 2.08. The molecular weight excluding hydrogens is 246 g/mol. The number of alkyl halides is 1. The van der Waals surface area contributed by atoms with Crippen molar-refractivity contribution in [3.05, 3.63) is 17.6 Å². The zero-order chi connectivity index (χ0) is 13.5. The van der Waals surface area contributed by atoms with Gasteiger partial charge in [-0.2, -0.15) is 0 Å². The van der Waals surface area contributed by atoms with Crippen LogP contribution in [-0.2, 0) is 0 Å². The zero-order valence-corrected chi connectivity index (χ0v) is 12.6. The van der Waals surface area contributed by atoms with E-state index < -0.39 is 0 Å². The molecule has 1 aromatic heterocycles. The first-order chi connectivity index (χ1) is 8.56. The van der Waals surface area contributed by atoms with Crippen molar-refractivity contribution in [1.82, 2.24) is 9.97 Å². The van der Waals surface area contributed by atoms with Crippen LogP contribution in [0.15, 0.2) is 6.07 Å². The van der Waals surface area contributed by atoms with Crippen LogP contribution in [0.2, 0.25) is 0 Å². The van der Waals surface area contributed by atoms with E-state index in [0.717, 1.165) is 42.6 Å². The van der Waals surface area contributed by atoms with E-state index in [1.807, 2.05) is 13.0 Å². The summed E-state index contributed by atoms with van der Waals surface area (Å²) in [5, 5.41) is 3.41. The lowest BCUT2D eigenvalue weighted by Crippen LogP contribution is -2.16. The second-order valence-corrected chi connectivity index (χ2v) is 5.42. The topological polar surface area (TPSA) is 37.8 Å². The number of anilines is 1. The molecule has 0 bridgehead atoms. The van der Waals surface area contributed by atoms with Crippen molar-refractivity contribution in [3.63, 3.8) is 0 Å². The van der Waals surface area contributed by atoms with Crippen molar-refractivity contribution in [2.75, 3.05) is 17.7 Å². The Morgan fingerprint density at radius 2 is 2.06 bits per heavy atom. The van der Waals surface area contributed by atoms with Crippen LogP contribution in [0.4, 0.5) is 5.82 Å². The second kappa shape index (κ2) is 7.57. The molecule has 1 unspecified atom stereocenters. The Morgan fingerprint density at radius 3 is 2.61 bits per heavy atom. The van der Waals surface area contributed by atoms with E-state index in [-0.39, 0.29) is 0 Å². The van der Waals surface area contributed by atoms with E-state index in [9.17, 15) is 0 Å². The Morgan fingerprint density at radius 1 is 1.33 bits per heavy atom. The second-order valence-electron chi connectivity index (χ2n) is 5.04. The van der Waals surface area contributed by atoms with Crippen molar-refractivity contribution >= 4 is 17.4 Å². The Balaban J connectivity index is 2.66. The number of aryl methyl sites for hydroxylation is 1. The minimum Gasteiger partial charge on any atom is -0.370 e. The standard InChI is InChI=1S/C14H24ClN3/c1-5-12(6-7-15)9-16-13-8-11(4)17-14(18-13)10(2)3/h8,10,12H,5-7,9H2,1-4H3,(H,16,17,18). The van der Waals surface area contributed by atoms with Crippen LogP contribution in [-0.4, -0.2) is 22.4 Å². The van der Waals surface area contributed by atoms with Gasteiger partial charge in [0.25, 0.3) is 0 Å². The molecule has 0 radical (unpaired) electrons. The molecule has 0 fully saturated rings. The van der Waals surface area contributed by atoms with Crippen LogP contribution in [0.3, 0.4) is 0 Å². The number of nitrogens with one attached hydrogen (secondary N) is 1. The zero-order valence-electron chi connectivity index (χ0n) is 11.8. The van der Waals surface area contributed by atoms with Gasteiger partial charge >= 0.3 is 0 Å². The smallest absolute Gasteiger partial charge is 0.133 e. The first-order valence-electron chi connectivity index (χ1n) is 6.72. The predicted octanol–water partition coefficient (Wildman–Crippen LogP) is 3.98. The van der Waals surface area contributed by atoms with Gasteiger partial charge in [0.15, 0.2) is 0 Å². The average Bonchev–Trinajstić information content (AvgIpc) is 2.33. The van der Waals surface area contributed by atoms with Crippen molar-refractivity contribution < 1.29 is 0 Å². The summed E-state index contributed by atoms with van der Waals surface area (Å²) in [5.74, 6) is 3.53. The highest BCUT2D eigenvalue weighted by Crippen LogP contribution is 2.15. The van der Waals surface area contributed by atoms with Gasteiger partial charge in [-0.05, 0) is 19.3 Å². The van der Waals surface area contributed by atoms with Gasteiger partial charge in [0, 0.05) is 30.1 Å². The third kappa shape index (κ3) is 4.81. The molecule has 18 heavy (non-hydrogen) atoms. The molecule has 4 heteroatoms. The minimum absolute atomic E-state index is 0.357. The molecule has 1 aromatic rings. The fraction of sp³-hybridized carbons (Fsp3) is 0.714. The largest absolute Gasteiger partial charge is 0.370 e. The van der Waals surface area contributed by atoms with Crippen molar-refractivity contribution in [1.29, 1.82) is 0 Å². The summed E-state index contributed by atoms with van der Waals surface area (Å²) in [7, 11) is 0. The van der Waals surface area contributed by atoms with E-state index in [2.05, 4.69) is 36.1 Å². The summed E-state index contributed by atoms with van der Waals surface area (Å²) in [5.41, 5.74) is 1.02. The fourth-order valence-electron chi connectivity index (χ4n) is 1.79. The highest BCUT2D eigenvalue weighted by atomic mass is 35.5. The summed E-state index contributed by atoms with van der Waals surface area (Å²) in [6.45, 7) is 9.36. The van der Waals surface area contributed by atoms with Gasteiger partial charge in [-0.25, -0.2) is 9.97 Å². The van der Waals surface area contributed by atoms with Crippen molar-refractivity contribution in [2.45, 2.75) is 46.5 Å². The minimum atomic E-state index is 0.357. The molecule has 0 saturated carbocycles. The quantitative estimate of drug-likeness (QED) is 0.761. The molecule has 0 saturated heterocycles. The first kappa shape index (κ1) is 15.2. The summed E-state index contributed by atoms with van der Waals surface area (Å²) >= 11 is 5.80. The summed E-state index contributed by atoms with van der Waals surface area (Å²) < 4.78 is 0. The summed E-state index contributed by atoms with van der Waals surface area (Å²) in [6.07, 6.45) is 2.19. The molecule has 0 amide bonds. The fourth-order valence-corrected chi connectivity index (χ4v) is 2.10. The van der Waals surface area contributed by atoms with Gasteiger partial charge in [-0.15, -0.1) is 11.6 Å². The Kier molecular flexibility index (Phi) is 6.41. The molecule has 1 atom stereocenters. The number of hydrogen-bond donors (Lipinski definition) is 1. The van der Waals surface area contributed by atoms with Crippen LogP contribution >= 0.6 is 11.6 Å². The maximum absolute atomic E-state index is 5.80. The maximum atomic E-state index is 5.80. The Bertz CT molecular complexity index is 366. The molecule has 102 valence electrons. The van der Waals surface area contributed by atoms with E-state index >= 15 is 0 Å². The number of aromatic nitrogens is 2. The lowest BCUT2D eigenvalue weighted by molar-refractivity contribution is 0.521. The van der Waals surface area contributed by atoms with Crippen molar-refractivity contribution in [2.24, 2.45) is 5.92 Å². The molecule has 1 N–H and O–H groups in total. The lowest BCUT2D eigenvalue weighted by Gasteiger charge is -2.15. The number of rotatable bonds is 7. The average molecular weight is 270 g/mol. The molecule has 1 rings (SSSR count). The molecule has 0 aromatic carbocycles. The Labute approximate surface area is 115 Å². The summed E-state index contributed by atoms with van der Waals surface area (Å²) in [6, 6.07) is 2.00. The van der Waals surface area contributed by atoms with Gasteiger partial charge in [-0.3, -0.25) is 0 Å². The molecular formula is C14H24ClN3. The van der Waals surface area contributed by atoms with E-state index in [4.69, 9.17) is 11.6 Å². The van der Waals surface area contributed by atoms with Crippen LogP contribution in [0.5, 0.6) is 0 Å². The van der Waals surface area contributed by atoms with Crippen LogP contribution in [0.25, 0.3) is 0 Å². The first-order valence-corrected chi connectivity index (χ1v) is 7.25. The van der Waals surface area contributed by atoms with E-state index in [0.29, 0.717) is 11.8 Å². The van der Waals surface area contributed by atoms with Crippen LogP contribution in [0.1, 0.15) is 51.0 Å². The number of halogens is 1.